The summed E-state index contributed by atoms with van der Waals surface area (Å²) in [7, 11) is 0. The Balaban J connectivity index is 1.92. The number of amides is 1. The van der Waals surface area contributed by atoms with E-state index in [2.05, 4.69) is 0 Å². The van der Waals surface area contributed by atoms with Crippen LogP contribution >= 0.6 is 0 Å². The number of rotatable bonds is 1. The van der Waals surface area contributed by atoms with Crippen molar-refractivity contribution in [3.8, 4) is 0 Å². The number of aromatic nitrogens is 1. The first kappa shape index (κ1) is 8.94. The molecule has 1 amide bonds. The first-order valence-corrected chi connectivity index (χ1v) is 4.89. The van der Waals surface area contributed by atoms with Gasteiger partial charge in [0, 0.05) is 11.9 Å². The molecule has 3 heterocycles. The van der Waals surface area contributed by atoms with Crippen molar-refractivity contribution in [2.24, 2.45) is 5.73 Å². The van der Waals surface area contributed by atoms with E-state index in [1.807, 2.05) is 4.57 Å². The van der Waals surface area contributed by atoms with Crippen molar-refractivity contribution in [1.82, 2.24) is 4.57 Å². The summed E-state index contributed by atoms with van der Waals surface area (Å²) in [6.45, 7) is 2.54. The summed E-state index contributed by atoms with van der Waals surface area (Å²) in [6, 6.07) is 1.79. The Morgan fingerprint density at radius 3 is 2.93 bits per heavy atom. The van der Waals surface area contributed by atoms with Crippen LogP contribution in [0, 0.1) is 0 Å². The van der Waals surface area contributed by atoms with E-state index in [9.17, 15) is 4.79 Å². The van der Waals surface area contributed by atoms with Crippen molar-refractivity contribution in [2.45, 2.75) is 18.8 Å². The van der Waals surface area contributed by atoms with Crippen LogP contribution in [0.2, 0.25) is 0 Å². The summed E-state index contributed by atoms with van der Waals surface area (Å²) in [6.07, 6.45) is 1.79. The second-order valence-electron chi connectivity index (χ2n) is 4.18. The number of hydrogen-bond acceptors (Lipinski definition) is 3. The van der Waals surface area contributed by atoms with Gasteiger partial charge in [0.05, 0.1) is 31.9 Å². The zero-order valence-corrected chi connectivity index (χ0v) is 8.23. The minimum atomic E-state index is -0.393. The molecule has 2 aliphatic rings. The lowest BCUT2D eigenvalue weighted by Gasteiger charge is -2.44. The van der Waals surface area contributed by atoms with Crippen molar-refractivity contribution >= 4 is 5.91 Å². The molecular weight excluding hydrogens is 196 g/mol. The van der Waals surface area contributed by atoms with Gasteiger partial charge in [0.15, 0.2) is 0 Å². The van der Waals surface area contributed by atoms with Crippen LogP contribution in [0.15, 0.2) is 12.3 Å². The zero-order chi connectivity index (χ0) is 10.5. The van der Waals surface area contributed by atoms with Gasteiger partial charge in [0.2, 0.25) is 5.91 Å². The molecule has 0 radical (unpaired) electrons. The van der Waals surface area contributed by atoms with Gasteiger partial charge in [0.1, 0.15) is 5.60 Å². The molecule has 2 N–H and O–H groups in total. The van der Waals surface area contributed by atoms with Gasteiger partial charge >= 0.3 is 0 Å². The predicted molar refractivity (Wildman–Crippen MR) is 51.3 cm³/mol. The highest BCUT2D eigenvalue weighted by molar-refractivity contribution is 5.92. The molecule has 15 heavy (non-hydrogen) atoms. The normalized spacial score (nSPS) is 22.1. The standard InChI is InChI=1S/C10H12N2O3/c11-9(13)7-1-8-3-15-10(5-14-6-10)4-12(8)2-7/h1-2H,3-6H2,(H2,11,13). The highest BCUT2D eigenvalue weighted by Gasteiger charge is 2.43. The second kappa shape index (κ2) is 2.84. The molecule has 1 aromatic rings. The smallest absolute Gasteiger partial charge is 0.250 e. The van der Waals surface area contributed by atoms with Crippen LogP contribution in [-0.2, 0) is 22.6 Å². The first-order chi connectivity index (χ1) is 7.19. The van der Waals surface area contributed by atoms with Gasteiger partial charge in [-0.25, -0.2) is 0 Å². The third-order valence-electron chi connectivity index (χ3n) is 2.99. The van der Waals surface area contributed by atoms with E-state index in [0.29, 0.717) is 25.4 Å². The molecule has 1 aromatic heterocycles. The zero-order valence-electron chi connectivity index (χ0n) is 8.23. The average Bonchev–Trinajstić information content (AvgIpc) is 2.57. The molecule has 2 aliphatic heterocycles. The number of ether oxygens (including phenoxy) is 2. The molecule has 0 bridgehead atoms. The van der Waals surface area contributed by atoms with E-state index >= 15 is 0 Å². The van der Waals surface area contributed by atoms with Gasteiger partial charge in [-0.1, -0.05) is 0 Å². The fraction of sp³-hybridized carbons (Fsp3) is 0.500. The first-order valence-electron chi connectivity index (χ1n) is 4.89. The maximum atomic E-state index is 11.0. The maximum absolute atomic E-state index is 11.0. The molecule has 0 saturated carbocycles. The summed E-state index contributed by atoms with van der Waals surface area (Å²) in [5, 5.41) is 0. The lowest BCUT2D eigenvalue weighted by Crippen LogP contribution is -2.56. The Hall–Kier alpha value is -1.33. The van der Waals surface area contributed by atoms with Crippen LogP contribution in [-0.4, -0.2) is 29.3 Å². The Bertz CT molecular complexity index is 420. The molecule has 3 rings (SSSR count). The maximum Gasteiger partial charge on any atom is 0.250 e. The van der Waals surface area contributed by atoms with E-state index in [1.165, 1.54) is 0 Å². The molecule has 0 atom stereocenters. The van der Waals surface area contributed by atoms with E-state index in [1.54, 1.807) is 12.3 Å². The predicted octanol–water partition coefficient (Wildman–Crippen LogP) is -0.114. The van der Waals surface area contributed by atoms with Crippen LogP contribution in [0.3, 0.4) is 0 Å². The largest absolute Gasteiger partial charge is 0.375 e. The number of hydrogen-bond donors (Lipinski definition) is 1. The monoisotopic (exact) mass is 208 g/mol. The third-order valence-corrected chi connectivity index (χ3v) is 2.99. The lowest BCUT2D eigenvalue weighted by atomic mass is 10.0. The van der Waals surface area contributed by atoms with E-state index in [4.69, 9.17) is 15.2 Å². The summed E-state index contributed by atoms with van der Waals surface area (Å²) in [5.74, 6) is -0.393. The van der Waals surface area contributed by atoms with Crippen LogP contribution in [0.5, 0.6) is 0 Å². The number of carbonyl (C=O) groups is 1. The Labute approximate surface area is 86.8 Å². The van der Waals surface area contributed by atoms with Gasteiger partial charge < -0.3 is 19.8 Å². The average molecular weight is 208 g/mol. The Morgan fingerprint density at radius 2 is 2.33 bits per heavy atom. The van der Waals surface area contributed by atoms with Crippen molar-refractivity contribution in [3.05, 3.63) is 23.5 Å². The highest BCUT2D eigenvalue weighted by atomic mass is 16.6. The van der Waals surface area contributed by atoms with Crippen molar-refractivity contribution in [2.75, 3.05) is 13.2 Å². The fourth-order valence-electron chi connectivity index (χ4n) is 2.04. The molecule has 0 aliphatic carbocycles. The van der Waals surface area contributed by atoms with E-state index in [0.717, 1.165) is 12.2 Å². The Kier molecular flexibility index (Phi) is 1.69. The highest BCUT2D eigenvalue weighted by Crippen LogP contribution is 2.30. The molecule has 5 nitrogen and oxygen atoms in total. The number of nitrogens with two attached hydrogens (primary N) is 1. The Morgan fingerprint density at radius 1 is 1.53 bits per heavy atom. The van der Waals surface area contributed by atoms with E-state index in [-0.39, 0.29) is 5.60 Å². The van der Waals surface area contributed by atoms with E-state index < -0.39 is 5.91 Å². The minimum absolute atomic E-state index is 0.166. The van der Waals surface area contributed by atoms with Crippen molar-refractivity contribution in [1.29, 1.82) is 0 Å². The van der Waals surface area contributed by atoms with Crippen LogP contribution in [0.25, 0.3) is 0 Å². The molecule has 80 valence electrons. The van der Waals surface area contributed by atoms with Gasteiger partial charge in [-0.15, -0.1) is 0 Å². The number of primary amides is 1. The second-order valence-corrected chi connectivity index (χ2v) is 4.18. The topological polar surface area (TPSA) is 66.5 Å². The van der Waals surface area contributed by atoms with Gasteiger partial charge in [0.25, 0.3) is 0 Å². The van der Waals surface area contributed by atoms with Crippen LogP contribution in [0.4, 0.5) is 0 Å². The van der Waals surface area contributed by atoms with Crippen LogP contribution in [0.1, 0.15) is 16.1 Å². The molecule has 1 fully saturated rings. The van der Waals surface area contributed by atoms with Gasteiger partial charge in [-0.2, -0.15) is 0 Å². The quantitative estimate of drug-likeness (QED) is 0.700. The summed E-state index contributed by atoms with van der Waals surface area (Å²) in [4.78, 5) is 11.0. The molecule has 1 spiro atoms. The number of fused-ring (bicyclic) bond motifs is 1. The molecule has 0 unspecified atom stereocenters. The molecular formula is C10H12N2O3. The summed E-state index contributed by atoms with van der Waals surface area (Å²) < 4.78 is 12.9. The number of nitrogens with zero attached hydrogens (tertiary/aromatic N) is 1. The minimum Gasteiger partial charge on any atom is -0.375 e. The van der Waals surface area contributed by atoms with Crippen molar-refractivity contribution in [3.63, 3.8) is 0 Å². The van der Waals surface area contributed by atoms with Gasteiger partial charge in [-0.3, -0.25) is 4.79 Å². The molecule has 5 heteroatoms. The van der Waals surface area contributed by atoms with Gasteiger partial charge in [-0.05, 0) is 6.07 Å². The molecule has 1 saturated heterocycles. The lowest BCUT2D eigenvalue weighted by molar-refractivity contribution is -0.232. The number of carbonyl (C=O) groups excluding carboxylic acids is 1. The van der Waals surface area contributed by atoms with Crippen LogP contribution < -0.4 is 5.73 Å². The SMILES string of the molecule is NC(=O)c1cc2n(c1)CC1(COC1)OC2. The third kappa shape index (κ3) is 1.27. The van der Waals surface area contributed by atoms with Crippen molar-refractivity contribution < 1.29 is 14.3 Å². The fourth-order valence-corrected chi connectivity index (χ4v) is 2.04. The summed E-state index contributed by atoms with van der Waals surface area (Å²) in [5.41, 5.74) is 6.60. The molecule has 0 aromatic carbocycles. The summed E-state index contributed by atoms with van der Waals surface area (Å²) >= 11 is 0.